The molecule has 1 amide bonds. The van der Waals surface area contributed by atoms with E-state index in [2.05, 4.69) is 26.3 Å². The fraction of sp³-hybridized carbons (Fsp3) is 0.348. The van der Waals surface area contributed by atoms with E-state index in [0.29, 0.717) is 24.7 Å². The van der Waals surface area contributed by atoms with Gasteiger partial charge in [0.1, 0.15) is 5.69 Å². The number of fused-ring (bicyclic) bond motifs is 1. The molecule has 7 heteroatoms. The van der Waals surface area contributed by atoms with E-state index < -0.39 is 0 Å². The third kappa shape index (κ3) is 4.30. The lowest BCUT2D eigenvalue weighted by Crippen LogP contribution is -2.41. The number of nitrogens with zero attached hydrogens (tertiary/aromatic N) is 3. The second-order valence-electron chi connectivity index (χ2n) is 7.42. The lowest BCUT2D eigenvalue weighted by atomic mass is 9.98. The third-order valence-electron chi connectivity index (χ3n) is 5.49. The number of allylic oxidation sites excluding steroid dienone is 1. The first-order valence-corrected chi connectivity index (χ1v) is 10.4. The maximum absolute atomic E-state index is 13.2. The number of ether oxygens (including phenoxy) is 1. The van der Waals surface area contributed by atoms with Crippen molar-refractivity contribution in [1.29, 1.82) is 0 Å². The van der Waals surface area contributed by atoms with E-state index in [-0.39, 0.29) is 11.9 Å². The summed E-state index contributed by atoms with van der Waals surface area (Å²) in [5, 5.41) is 3.52. The van der Waals surface area contributed by atoms with Gasteiger partial charge in [0, 0.05) is 37.2 Å². The quantitative estimate of drug-likeness (QED) is 0.627. The molecule has 0 aromatic carbocycles. The van der Waals surface area contributed by atoms with Gasteiger partial charge in [0.15, 0.2) is 0 Å². The average molecular weight is 406 g/mol. The fourth-order valence-corrected chi connectivity index (χ4v) is 3.94. The molecule has 1 aliphatic carbocycles. The minimum atomic E-state index is 0.0110. The molecule has 4 rings (SSSR count). The number of hydrogen-bond acceptors (Lipinski definition) is 5. The van der Waals surface area contributed by atoms with Crippen molar-refractivity contribution in [2.45, 2.75) is 38.8 Å². The van der Waals surface area contributed by atoms with Gasteiger partial charge < -0.3 is 19.9 Å². The summed E-state index contributed by atoms with van der Waals surface area (Å²) in [6.07, 6.45) is 8.68. The summed E-state index contributed by atoms with van der Waals surface area (Å²) in [6, 6.07) is 9.62. The van der Waals surface area contributed by atoms with Gasteiger partial charge in [0.25, 0.3) is 5.91 Å². The zero-order valence-corrected chi connectivity index (χ0v) is 17.4. The van der Waals surface area contributed by atoms with Gasteiger partial charge in [0.2, 0.25) is 5.88 Å². The van der Waals surface area contributed by atoms with Gasteiger partial charge in [0.05, 0.1) is 24.2 Å². The van der Waals surface area contributed by atoms with Crippen LogP contribution in [-0.4, -0.2) is 45.5 Å². The van der Waals surface area contributed by atoms with Crippen LogP contribution in [0.15, 0.2) is 54.5 Å². The molecule has 0 saturated carbocycles. The molecule has 2 N–H and O–H groups in total. The number of amides is 1. The Labute approximate surface area is 176 Å². The zero-order valence-electron chi connectivity index (χ0n) is 17.4. The molecular formula is C23H27N5O2. The molecule has 1 aliphatic rings. The van der Waals surface area contributed by atoms with Crippen LogP contribution < -0.4 is 10.1 Å². The Morgan fingerprint density at radius 2 is 2.20 bits per heavy atom. The Balaban J connectivity index is 1.47. The first-order chi connectivity index (χ1) is 14.7. The normalized spacial score (nSPS) is 16.2. The molecule has 3 aromatic rings. The van der Waals surface area contributed by atoms with Gasteiger partial charge in [-0.3, -0.25) is 9.78 Å². The number of pyridine rings is 2. The van der Waals surface area contributed by atoms with Crippen LogP contribution in [0.1, 0.15) is 42.2 Å². The molecule has 1 atom stereocenters. The summed E-state index contributed by atoms with van der Waals surface area (Å²) in [4.78, 5) is 26.8. The summed E-state index contributed by atoms with van der Waals surface area (Å²) >= 11 is 0. The molecule has 3 aromatic heterocycles. The van der Waals surface area contributed by atoms with Crippen molar-refractivity contribution in [3.8, 4) is 5.88 Å². The maximum Gasteiger partial charge on any atom is 0.270 e. The predicted molar refractivity (Wildman–Crippen MR) is 116 cm³/mol. The van der Waals surface area contributed by atoms with E-state index in [9.17, 15) is 4.79 Å². The highest BCUT2D eigenvalue weighted by Gasteiger charge is 2.25. The lowest BCUT2D eigenvalue weighted by molar-refractivity contribution is 0.0706. The zero-order chi connectivity index (χ0) is 20.9. The predicted octanol–water partition coefficient (Wildman–Crippen LogP) is 3.65. The number of H-pyrrole nitrogens is 1. The largest absolute Gasteiger partial charge is 0.481 e. The van der Waals surface area contributed by atoms with Crippen LogP contribution in [0.25, 0.3) is 11.0 Å². The smallest absolute Gasteiger partial charge is 0.270 e. The highest BCUT2D eigenvalue weighted by atomic mass is 16.5. The molecule has 156 valence electrons. The molecule has 0 unspecified atom stereocenters. The van der Waals surface area contributed by atoms with Crippen LogP contribution >= 0.6 is 0 Å². The molecule has 0 fully saturated rings. The van der Waals surface area contributed by atoms with Gasteiger partial charge in [-0.2, -0.15) is 0 Å². The number of carbonyl (C=O) groups is 1. The highest BCUT2D eigenvalue weighted by Crippen LogP contribution is 2.23. The molecule has 0 bridgehead atoms. The van der Waals surface area contributed by atoms with Crippen molar-refractivity contribution in [3.63, 3.8) is 0 Å². The van der Waals surface area contributed by atoms with Crippen LogP contribution in [0.3, 0.4) is 0 Å². The Morgan fingerprint density at radius 3 is 3.00 bits per heavy atom. The van der Waals surface area contributed by atoms with E-state index in [0.717, 1.165) is 35.9 Å². The standard InChI is InChI=1S/C23H27N5O2/c1-3-28(23(29)21-14-20-19(27-21)8-5-10-24-20)18-7-4-6-17(13-18)26-15-16-9-11-25-22(12-16)30-2/h5,8-14,18,26-27H,3-4,6-7,15H2,1-2H3/t18-/m0/s1. The number of hydrogen-bond donors (Lipinski definition) is 2. The summed E-state index contributed by atoms with van der Waals surface area (Å²) in [5.74, 6) is 0.622. The second kappa shape index (κ2) is 8.98. The van der Waals surface area contributed by atoms with E-state index in [1.54, 1.807) is 19.5 Å². The summed E-state index contributed by atoms with van der Waals surface area (Å²) in [6.45, 7) is 3.38. The SMILES string of the molecule is CCN(C(=O)c1cc2ncccc2[nH]1)[C@@H]1C=C(NCc2ccnc(OC)c2)CCC1. The van der Waals surface area contributed by atoms with Gasteiger partial charge in [-0.1, -0.05) is 0 Å². The molecule has 0 radical (unpaired) electrons. The van der Waals surface area contributed by atoms with Crippen molar-refractivity contribution in [2.75, 3.05) is 13.7 Å². The van der Waals surface area contributed by atoms with Crippen LogP contribution in [0, 0.1) is 0 Å². The van der Waals surface area contributed by atoms with E-state index in [1.807, 2.05) is 42.2 Å². The molecule has 0 aliphatic heterocycles. The van der Waals surface area contributed by atoms with E-state index in [1.165, 1.54) is 5.70 Å². The van der Waals surface area contributed by atoms with Gasteiger partial charge in [-0.05, 0) is 62.1 Å². The first-order valence-electron chi connectivity index (χ1n) is 10.4. The molecular weight excluding hydrogens is 378 g/mol. The monoisotopic (exact) mass is 405 g/mol. The van der Waals surface area contributed by atoms with Gasteiger partial charge in [-0.15, -0.1) is 0 Å². The maximum atomic E-state index is 13.2. The number of likely N-dealkylation sites (N-methyl/N-ethyl adjacent to an activating group) is 1. The van der Waals surface area contributed by atoms with Crippen LogP contribution in [0.2, 0.25) is 0 Å². The number of methoxy groups -OCH3 is 1. The minimum Gasteiger partial charge on any atom is -0.481 e. The number of nitrogens with one attached hydrogen (secondary N) is 2. The molecule has 0 spiro atoms. The van der Waals surface area contributed by atoms with Crippen molar-refractivity contribution in [3.05, 3.63) is 65.8 Å². The van der Waals surface area contributed by atoms with Crippen LogP contribution in [-0.2, 0) is 6.54 Å². The van der Waals surface area contributed by atoms with Gasteiger partial charge in [-0.25, -0.2) is 4.98 Å². The Kier molecular flexibility index (Phi) is 5.97. The fourth-order valence-electron chi connectivity index (χ4n) is 3.94. The van der Waals surface area contributed by atoms with Crippen LogP contribution in [0.4, 0.5) is 0 Å². The Hall–Kier alpha value is -3.35. The number of rotatable bonds is 7. The lowest BCUT2D eigenvalue weighted by Gasteiger charge is -2.32. The van der Waals surface area contributed by atoms with Crippen molar-refractivity contribution in [1.82, 2.24) is 25.2 Å². The molecule has 0 saturated heterocycles. The third-order valence-corrected chi connectivity index (χ3v) is 5.49. The second-order valence-corrected chi connectivity index (χ2v) is 7.42. The van der Waals surface area contributed by atoms with Crippen molar-refractivity contribution >= 4 is 16.9 Å². The van der Waals surface area contributed by atoms with Crippen molar-refractivity contribution in [2.24, 2.45) is 0 Å². The number of carbonyl (C=O) groups excluding carboxylic acids is 1. The van der Waals surface area contributed by atoms with E-state index >= 15 is 0 Å². The summed E-state index contributed by atoms with van der Waals surface area (Å²) < 4.78 is 5.19. The number of aromatic nitrogens is 3. The average Bonchev–Trinajstić information content (AvgIpc) is 3.23. The molecule has 7 nitrogen and oxygen atoms in total. The highest BCUT2D eigenvalue weighted by molar-refractivity contribution is 5.97. The Bertz CT molecular complexity index is 1030. The minimum absolute atomic E-state index is 0.0110. The van der Waals surface area contributed by atoms with Crippen molar-refractivity contribution < 1.29 is 9.53 Å². The summed E-state index contributed by atoms with van der Waals surface area (Å²) in [7, 11) is 1.62. The first kappa shape index (κ1) is 19.9. The molecule has 30 heavy (non-hydrogen) atoms. The van der Waals surface area contributed by atoms with Crippen LogP contribution in [0.5, 0.6) is 5.88 Å². The molecule has 3 heterocycles. The van der Waals surface area contributed by atoms with Gasteiger partial charge >= 0.3 is 0 Å². The van der Waals surface area contributed by atoms with E-state index in [4.69, 9.17) is 4.74 Å². The summed E-state index contributed by atoms with van der Waals surface area (Å²) in [5.41, 5.74) is 4.56. The topological polar surface area (TPSA) is 83.1 Å². The Morgan fingerprint density at radius 1 is 1.30 bits per heavy atom. The number of aromatic amines is 1.